The lowest BCUT2D eigenvalue weighted by Gasteiger charge is -2.20. The summed E-state index contributed by atoms with van der Waals surface area (Å²) in [6, 6.07) is 10.4. The fourth-order valence-corrected chi connectivity index (χ4v) is 3.27. The lowest BCUT2D eigenvalue weighted by atomic mass is 9.92. The molecule has 0 aliphatic heterocycles. The van der Waals surface area contributed by atoms with Gasteiger partial charge < -0.3 is 10.1 Å². The van der Waals surface area contributed by atoms with Crippen molar-refractivity contribution in [1.29, 1.82) is 0 Å². The molecular weight excluding hydrogens is 355 g/mol. The highest BCUT2D eigenvalue weighted by molar-refractivity contribution is 5.94. The van der Waals surface area contributed by atoms with Gasteiger partial charge in [0.05, 0.1) is 5.56 Å². The maximum atomic E-state index is 12.8. The molecule has 1 aliphatic carbocycles. The second-order valence-corrected chi connectivity index (χ2v) is 6.72. The summed E-state index contributed by atoms with van der Waals surface area (Å²) >= 11 is 0. The van der Waals surface area contributed by atoms with E-state index in [4.69, 9.17) is 4.74 Å². The van der Waals surface area contributed by atoms with Crippen LogP contribution >= 0.6 is 0 Å². The molecule has 144 valence electrons. The molecule has 2 aromatic rings. The minimum Gasteiger partial charge on any atom is -0.481 e. The largest absolute Gasteiger partial charge is 0.481 e. The van der Waals surface area contributed by atoms with Crippen LogP contribution in [0.2, 0.25) is 0 Å². The molecular formula is C21H22F3NO2. The molecule has 0 fully saturated rings. The van der Waals surface area contributed by atoms with E-state index in [9.17, 15) is 18.0 Å². The van der Waals surface area contributed by atoms with Crippen LogP contribution in [-0.4, -0.2) is 12.0 Å². The van der Waals surface area contributed by atoms with E-state index >= 15 is 0 Å². The van der Waals surface area contributed by atoms with E-state index in [1.165, 1.54) is 29.7 Å². The molecule has 0 aromatic heterocycles. The highest BCUT2D eigenvalue weighted by Gasteiger charge is 2.30. The summed E-state index contributed by atoms with van der Waals surface area (Å²) in [4.78, 5) is 12.5. The standard InChI is InChI=1S/C21H22F3NO2/c1-2-19(27-18-11-10-14-6-3-4-7-15(14)12-18)20(26)25-17-9-5-8-16(13-17)21(22,23)24/h5,8-13,19H,2-4,6-7H2,1H3,(H,25,26)/t19-/m0/s1. The van der Waals surface area contributed by atoms with Gasteiger partial charge in [-0.2, -0.15) is 13.2 Å². The monoisotopic (exact) mass is 377 g/mol. The number of carbonyl (C=O) groups is 1. The molecule has 3 nitrogen and oxygen atoms in total. The summed E-state index contributed by atoms with van der Waals surface area (Å²) in [5.41, 5.74) is 1.85. The molecule has 0 radical (unpaired) electrons. The second kappa shape index (κ2) is 8.03. The summed E-state index contributed by atoms with van der Waals surface area (Å²) in [7, 11) is 0. The number of ether oxygens (including phenoxy) is 1. The quantitative estimate of drug-likeness (QED) is 0.760. The first-order valence-corrected chi connectivity index (χ1v) is 9.13. The lowest BCUT2D eigenvalue weighted by Crippen LogP contribution is -2.32. The Morgan fingerprint density at radius 2 is 1.85 bits per heavy atom. The zero-order chi connectivity index (χ0) is 19.4. The Morgan fingerprint density at radius 3 is 2.56 bits per heavy atom. The van der Waals surface area contributed by atoms with Gasteiger partial charge >= 0.3 is 6.18 Å². The predicted octanol–water partition coefficient (Wildman–Crippen LogP) is 5.38. The Morgan fingerprint density at radius 1 is 1.11 bits per heavy atom. The summed E-state index contributed by atoms with van der Waals surface area (Å²) in [6.07, 6.45) is -0.440. The van der Waals surface area contributed by atoms with E-state index in [1.54, 1.807) is 6.92 Å². The molecule has 0 saturated carbocycles. The van der Waals surface area contributed by atoms with Gasteiger partial charge in [-0.3, -0.25) is 4.79 Å². The van der Waals surface area contributed by atoms with Crippen molar-refractivity contribution in [3.8, 4) is 5.75 Å². The van der Waals surface area contributed by atoms with Crippen LogP contribution in [-0.2, 0) is 23.8 Å². The molecule has 0 spiro atoms. The molecule has 3 rings (SSSR count). The number of nitrogens with one attached hydrogen (secondary N) is 1. The third kappa shape index (κ3) is 4.81. The molecule has 0 unspecified atom stereocenters. The number of alkyl halides is 3. The van der Waals surface area contributed by atoms with Crippen molar-refractivity contribution in [2.75, 3.05) is 5.32 Å². The number of hydrogen-bond donors (Lipinski definition) is 1. The van der Waals surface area contributed by atoms with Crippen LogP contribution < -0.4 is 10.1 Å². The van der Waals surface area contributed by atoms with Crippen LogP contribution in [0.4, 0.5) is 18.9 Å². The zero-order valence-electron chi connectivity index (χ0n) is 15.1. The molecule has 1 atom stereocenters. The first-order valence-electron chi connectivity index (χ1n) is 9.13. The average molecular weight is 377 g/mol. The van der Waals surface area contributed by atoms with Crippen molar-refractivity contribution in [2.45, 2.75) is 51.3 Å². The fourth-order valence-electron chi connectivity index (χ4n) is 3.27. The van der Waals surface area contributed by atoms with Gasteiger partial charge in [0.25, 0.3) is 5.91 Å². The fraction of sp³-hybridized carbons (Fsp3) is 0.381. The van der Waals surface area contributed by atoms with Gasteiger partial charge in [-0.15, -0.1) is 0 Å². The first-order chi connectivity index (χ1) is 12.9. The van der Waals surface area contributed by atoms with Crippen LogP contribution in [0, 0.1) is 0 Å². The number of hydrogen-bond acceptors (Lipinski definition) is 2. The highest BCUT2D eigenvalue weighted by Crippen LogP contribution is 2.31. The normalized spacial score (nSPS) is 15.0. The van der Waals surface area contributed by atoms with Gasteiger partial charge in [0, 0.05) is 5.69 Å². The first kappa shape index (κ1) is 19.3. The lowest BCUT2D eigenvalue weighted by molar-refractivity contribution is -0.137. The Hall–Kier alpha value is -2.50. The van der Waals surface area contributed by atoms with E-state index in [0.29, 0.717) is 12.2 Å². The molecule has 1 amide bonds. The Bertz CT molecular complexity index is 817. The van der Waals surface area contributed by atoms with E-state index < -0.39 is 23.8 Å². The Labute approximate surface area is 156 Å². The van der Waals surface area contributed by atoms with Crippen LogP contribution in [0.15, 0.2) is 42.5 Å². The SMILES string of the molecule is CC[C@H](Oc1ccc2c(c1)CCCC2)C(=O)Nc1cccc(C(F)(F)F)c1. The molecule has 2 aromatic carbocycles. The number of anilines is 1. The molecule has 1 aliphatic rings. The van der Waals surface area contributed by atoms with Crippen molar-refractivity contribution in [3.05, 3.63) is 59.2 Å². The molecule has 27 heavy (non-hydrogen) atoms. The van der Waals surface area contributed by atoms with E-state index in [-0.39, 0.29) is 5.69 Å². The van der Waals surface area contributed by atoms with Crippen molar-refractivity contribution in [2.24, 2.45) is 0 Å². The molecule has 0 saturated heterocycles. The highest BCUT2D eigenvalue weighted by atomic mass is 19.4. The predicted molar refractivity (Wildman–Crippen MR) is 97.9 cm³/mol. The van der Waals surface area contributed by atoms with Crippen molar-refractivity contribution in [1.82, 2.24) is 0 Å². The Kier molecular flexibility index (Phi) is 5.73. The number of rotatable bonds is 5. The number of fused-ring (bicyclic) bond motifs is 1. The number of carbonyl (C=O) groups excluding carboxylic acids is 1. The van der Waals surface area contributed by atoms with Crippen LogP contribution in [0.1, 0.15) is 42.9 Å². The number of amides is 1. The zero-order valence-corrected chi connectivity index (χ0v) is 15.1. The van der Waals surface area contributed by atoms with Gasteiger partial charge in [-0.05, 0) is 73.6 Å². The number of halogens is 3. The summed E-state index contributed by atoms with van der Waals surface area (Å²) in [6.45, 7) is 1.80. The maximum Gasteiger partial charge on any atom is 0.416 e. The van der Waals surface area contributed by atoms with Crippen molar-refractivity contribution < 1.29 is 22.7 Å². The van der Waals surface area contributed by atoms with Crippen molar-refractivity contribution in [3.63, 3.8) is 0 Å². The van der Waals surface area contributed by atoms with Gasteiger partial charge in [0.2, 0.25) is 0 Å². The molecule has 1 N–H and O–H groups in total. The van der Waals surface area contributed by atoms with Gasteiger partial charge in [0.15, 0.2) is 6.10 Å². The van der Waals surface area contributed by atoms with E-state index in [1.807, 2.05) is 18.2 Å². The van der Waals surface area contributed by atoms with Gasteiger partial charge in [0.1, 0.15) is 5.75 Å². The Balaban J connectivity index is 1.69. The van der Waals surface area contributed by atoms with Crippen LogP contribution in [0.25, 0.3) is 0 Å². The topological polar surface area (TPSA) is 38.3 Å². The summed E-state index contributed by atoms with van der Waals surface area (Å²) in [5, 5.41) is 2.52. The molecule has 0 heterocycles. The molecule has 0 bridgehead atoms. The third-order valence-electron chi connectivity index (χ3n) is 4.72. The van der Waals surface area contributed by atoms with Gasteiger partial charge in [-0.1, -0.05) is 19.1 Å². The van der Waals surface area contributed by atoms with E-state index in [0.717, 1.165) is 31.4 Å². The summed E-state index contributed by atoms with van der Waals surface area (Å²) in [5.74, 6) is 0.149. The van der Waals surface area contributed by atoms with Gasteiger partial charge in [-0.25, -0.2) is 0 Å². The maximum absolute atomic E-state index is 12.8. The minimum atomic E-state index is -4.45. The smallest absolute Gasteiger partial charge is 0.416 e. The third-order valence-corrected chi connectivity index (χ3v) is 4.72. The average Bonchev–Trinajstić information content (AvgIpc) is 2.65. The number of benzene rings is 2. The number of aryl methyl sites for hydroxylation is 2. The summed E-state index contributed by atoms with van der Waals surface area (Å²) < 4.78 is 44.3. The van der Waals surface area contributed by atoms with E-state index in [2.05, 4.69) is 5.32 Å². The second-order valence-electron chi connectivity index (χ2n) is 6.72. The minimum absolute atomic E-state index is 0.0994. The van der Waals surface area contributed by atoms with Crippen LogP contribution in [0.5, 0.6) is 5.75 Å². The molecule has 6 heteroatoms. The van der Waals surface area contributed by atoms with Crippen molar-refractivity contribution >= 4 is 11.6 Å². The van der Waals surface area contributed by atoms with Crippen LogP contribution in [0.3, 0.4) is 0 Å².